The molecule has 2 amide bonds. The Morgan fingerprint density at radius 2 is 1.75 bits per heavy atom. The molecule has 1 heterocycles. The first kappa shape index (κ1) is 17.9. The molecular formula is C16H22N4O4. The van der Waals surface area contributed by atoms with Gasteiger partial charge in [-0.3, -0.25) is 24.6 Å². The van der Waals surface area contributed by atoms with Crippen LogP contribution < -0.4 is 5.32 Å². The number of hydrogen-bond donors (Lipinski definition) is 1. The molecule has 1 aliphatic rings. The van der Waals surface area contributed by atoms with Crippen molar-refractivity contribution in [3.8, 4) is 0 Å². The molecule has 8 heteroatoms. The summed E-state index contributed by atoms with van der Waals surface area (Å²) < 4.78 is 0. The number of piperazine rings is 1. The van der Waals surface area contributed by atoms with Gasteiger partial charge in [-0.15, -0.1) is 0 Å². The molecule has 0 bridgehead atoms. The average Bonchev–Trinajstić information content (AvgIpc) is 2.55. The minimum Gasteiger partial charge on any atom is -0.340 e. The number of rotatable bonds is 5. The van der Waals surface area contributed by atoms with Crippen molar-refractivity contribution >= 4 is 23.2 Å². The molecule has 0 spiro atoms. The number of non-ortho nitro benzene ring substituents is 1. The fourth-order valence-corrected chi connectivity index (χ4v) is 2.56. The summed E-state index contributed by atoms with van der Waals surface area (Å²) in [5.41, 5.74) is 0.512. The van der Waals surface area contributed by atoms with Gasteiger partial charge >= 0.3 is 0 Å². The Labute approximate surface area is 140 Å². The molecule has 1 fully saturated rings. The van der Waals surface area contributed by atoms with Gasteiger partial charge in [-0.1, -0.05) is 13.8 Å². The SMILES string of the molecule is CC(C)C(=O)N1CCN(CC(=O)Nc2ccc([N+](=O)[O-])cc2)CC1. The Hall–Kier alpha value is -2.48. The number of amides is 2. The van der Waals surface area contributed by atoms with Crippen LogP contribution in [0.1, 0.15) is 13.8 Å². The Balaban J connectivity index is 1.79. The van der Waals surface area contributed by atoms with E-state index in [9.17, 15) is 19.7 Å². The Bertz CT molecular complexity index is 607. The highest BCUT2D eigenvalue weighted by Gasteiger charge is 2.23. The van der Waals surface area contributed by atoms with Gasteiger partial charge in [-0.05, 0) is 12.1 Å². The quantitative estimate of drug-likeness (QED) is 0.647. The molecule has 1 aromatic carbocycles. The fraction of sp³-hybridized carbons (Fsp3) is 0.500. The summed E-state index contributed by atoms with van der Waals surface area (Å²) in [6.45, 7) is 6.57. The van der Waals surface area contributed by atoms with E-state index in [2.05, 4.69) is 5.32 Å². The molecule has 8 nitrogen and oxygen atoms in total. The molecule has 0 aliphatic carbocycles. The highest BCUT2D eigenvalue weighted by Crippen LogP contribution is 2.15. The largest absolute Gasteiger partial charge is 0.340 e. The van der Waals surface area contributed by atoms with E-state index in [0.717, 1.165) is 0 Å². The van der Waals surface area contributed by atoms with Gasteiger partial charge in [0.05, 0.1) is 11.5 Å². The van der Waals surface area contributed by atoms with Gasteiger partial charge < -0.3 is 10.2 Å². The van der Waals surface area contributed by atoms with Crippen molar-refractivity contribution in [1.29, 1.82) is 0 Å². The van der Waals surface area contributed by atoms with Crippen molar-refractivity contribution in [1.82, 2.24) is 9.80 Å². The molecule has 0 radical (unpaired) electrons. The summed E-state index contributed by atoms with van der Waals surface area (Å²) in [6, 6.07) is 5.72. The third-order valence-electron chi connectivity index (χ3n) is 3.91. The number of nitrogens with one attached hydrogen (secondary N) is 1. The molecule has 1 aromatic rings. The van der Waals surface area contributed by atoms with Crippen molar-refractivity contribution in [2.24, 2.45) is 5.92 Å². The lowest BCUT2D eigenvalue weighted by molar-refractivity contribution is -0.384. The van der Waals surface area contributed by atoms with E-state index >= 15 is 0 Å². The van der Waals surface area contributed by atoms with Crippen LogP contribution in [0.4, 0.5) is 11.4 Å². The van der Waals surface area contributed by atoms with Gasteiger partial charge in [0.2, 0.25) is 11.8 Å². The molecule has 130 valence electrons. The van der Waals surface area contributed by atoms with E-state index in [1.165, 1.54) is 24.3 Å². The highest BCUT2D eigenvalue weighted by atomic mass is 16.6. The maximum absolute atomic E-state index is 12.1. The number of nitro benzene ring substituents is 1. The lowest BCUT2D eigenvalue weighted by Crippen LogP contribution is -2.51. The molecule has 0 unspecified atom stereocenters. The van der Waals surface area contributed by atoms with Crippen LogP contribution in [0.2, 0.25) is 0 Å². The second-order valence-corrected chi connectivity index (χ2v) is 6.11. The minimum absolute atomic E-state index is 0.0121. The number of hydrogen-bond acceptors (Lipinski definition) is 5. The summed E-state index contributed by atoms with van der Waals surface area (Å²) in [6.07, 6.45) is 0. The van der Waals surface area contributed by atoms with Crippen LogP contribution in [0.15, 0.2) is 24.3 Å². The number of nitrogens with zero attached hydrogens (tertiary/aromatic N) is 3. The topological polar surface area (TPSA) is 95.8 Å². The molecule has 0 atom stereocenters. The standard InChI is InChI=1S/C16H22N4O4/c1-12(2)16(22)19-9-7-18(8-10-19)11-15(21)17-13-3-5-14(6-4-13)20(23)24/h3-6,12H,7-11H2,1-2H3,(H,17,21). The van der Waals surface area contributed by atoms with E-state index < -0.39 is 4.92 Å². The highest BCUT2D eigenvalue weighted by molar-refractivity contribution is 5.92. The Kier molecular flexibility index (Phi) is 5.86. The van der Waals surface area contributed by atoms with Crippen LogP contribution in [-0.4, -0.2) is 59.3 Å². The monoisotopic (exact) mass is 334 g/mol. The van der Waals surface area contributed by atoms with Crippen molar-refractivity contribution in [2.45, 2.75) is 13.8 Å². The molecule has 0 saturated carbocycles. The van der Waals surface area contributed by atoms with Crippen LogP contribution in [0.25, 0.3) is 0 Å². The van der Waals surface area contributed by atoms with Crippen molar-refractivity contribution in [3.63, 3.8) is 0 Å². The van der Waals surface area contributed by atoms with Gasteiger partial charge in [0.25, 0.3) is 5.69 Å². The Morgan fingerprint density at radius 3 is 2.25 bits per heavy atom. The predicted octanol–water partition coefficient (Wildman–Crippen LogP) is 1.33. The Morgan fingerprint density at radius 1 is 1.17 bits per heavy atom. The molecule has 24 heavy (non-hydrogen) atoms. The predicted molar refractivity (Wildman–Crippen MR) is 89.6 cm³/mol. The average molecular weight is 334 g/mol. The maximum Gasteiger partial charge on any atom is 0.269 e. The van der Waals surface area contributed by atoms with Gasteiger partial charge in [0, 0.05) is 49.9 Å². The summed E-state index contributed by atoms with van der Waals surface area (Å²) in [7, 11) is 0. The maximum atomic E-state index is 12.1. The van der Waals surface area contributed by atoms with Crippen LogP contribution in [0.3, 0.4) is 0 Å². The molecule has 1 saturated heterocycles. The normalized spacial score (nSPS) is 15.4. The molecule has 0 aromatic heterocycles. The number of carbonyl (C=O) groups is 2. The van der Waals surface area contributed by atoms with Crippen molar-refractivity contribution < 1.29 is 14.5 Å². The lowest BCUT2D eigenvalue weighted by atomic mass is 10.1. The first-order valence-electron chi connectivity index (χ1n) is 7.92. The van der Waals surface area contributed by atoms with Gasteiger partial charge in [0.1, 0.15) is 0 Å². The number of nitro groups is 1. The van der Waals surface area contributed by atoms with Crippen LogP contribution in [-0.2, 0) is 9.59 Å². The zero-order valence-corrected chi connectivity index (χ0v) is 13.9. The lowest BCUT2D eigenvalue weighted by Gasteiger charge is -2.35. The minimum atomic E-state index is -0.483. The second-order valence-electron chi connectivity index (χ2n) is 6.11. The first-order chi connectivity index (χ1) is 11.4. The summed E-state index contributed by atoms with van der Waals surface area (Å²) in [5, 5.41) is 13.3. The number of carbonyl (C=O) groups excluding carboxylic acids is 2. The van der Waals surface area contributed by atoms with Gasteiger partial charge in [0.15, 0.2) is 0 Å². The third-order valence-corrected chi connectivity index (χ3v) is 3.91. The molecule has 1 aliphatic heterocycles. The molecular weight excluding hydrogens is 312 g/mol. The number of anilines is 1. The van der Waals surface area contributed by atoms with Gasteiger partial charge in [-0.25, -0.2) is 0 Å². The summed E-state index contributed by atoms with van der Waals surface area (Å²) in [5.74, 6) is -0.0422. The van der Waals surface area contributed by atoms with Crippen LogP contribution in [0, 0.1) is 16.0 Å². The van der Waals surface area contributed by atoms with Crippen molar-refractivity contribution in [3.05, 3.63) is 34.4 Å². The number of benzene rings is 1. The van der Waals surface area contributed by atoms with E-state index in [1.54, 1.807) is 0 Å². The van der Waals surface area contributed by atoms with E-state index in [1.807, 2.05) is 23.6 Å². The smallest absolute Gasteiger partial charge is 0.269 e. The molecule has 2 rings (SSSR count). The molecule has 1 N–H and O–H groups in total. The van der Waals surface area contributed by atoms with E-state index in [-0.39, 0.29) is 30.0 Å². The third kappa shape index (κ3) is 4.76. The fourth-order valence-electron chi connectivity index (χ4n) is 2.56. The summed E-state index contributed by atoms with van der Waals surface area (Å²) >= 11 is 0. The van der Waals surface area contributed by atoms with Crippen molar-refractivity contribution in [2.75, 3.05) is 38.0 Å². The first-order valence-corrected chi connectivity index (χ1v) is 7.92. The van der Waals surface area contributed by atoms with Crippen LogP contribution in [0.5, 0.6) is 0 Å². The van der Waals surface area contributed by atoms with E-state index in [0.29, 0.717) is 31.9 Å². The van der Waals surface area contributed by atoms with Crippen LogP contribution >= 0.6 is 0 Å². The second kappa shape index (κ2) is 7.87. The van der Waals surface area contributed by atoms with Gasteiger partial charge in [-0.2, -0.15) is 0 Å². The van der Waals surface area contributed by atoms with E-state index in [4.69, 9.17) is 0 Å². The zero-order chi connectivity index (χ0) is 17.7. The zero-order valence-electron chi connectivity index (χ0n) is 13.9. The summed E-state index contributed by atoms with van der Waals surface area (Å²) in [4.78, 5) is 37.9.